The molecule has 1 aliphatic heterocycles. The van der Waals surface area contributed by atoms with Crippen molar-refractivity contribution >= 4 is 41.1 Å². The lowest BCUT2D eigenvalue weighted by Crippen LogP contribution is -2.46. The van der Waals surface area contributed by atoms with Crippen molar-refractivity contribution in [3.8, 4) is 0 Å². The number of carbonyl (C=O) groups is 2. The van der Waals surface area contributed by atoms with Gasteiger partial charge in [-0.15, -0.1) is 0 Å². The fraction of sp³-hybridized carbons (Fsp3) is 0.238. The highest BCUT2D eigenvalue weighted by Crippen LogP contribution is 2.23. The van der Waals surface area contributed by atoms with E-state index in [4.69, 9.17) is 23.2 Å². The van der Waals surface area contributed by atoms with Crippen molar-refractivity contribution in [2.75, 3.05) is 13.1 Å². The predicted octanol–water partition coefficient (Wildman–Crippen LogP) is 4.57. The Labute approximate surface area is 172 Å². The molecule has 1 heterocycles. The molecule has 0 radical (unpaired) electrons. The number of halogens is 3. The highest BCUT2D eigenvalue weighted by molar-refractivity contribution is 6.42. The summed E-state index contributed by atoms with van der Waals surface area (Å²) < 4.78 is 12.9. The third-order valence-electron chi connectivity index (χ3n) is 4.61. The van der Waals surface area contributed by atoms with Crippen LogP contribution in [0.15, 0.2) is 48.5 Å². The molecule has 1 saturated heterocycles. The zero-order chi connectivity index (χ0) is 20.1. The number of likely N-dealkylation sites (tertiary alicyclic amines) is 1. The molecule has 0 bridgehead atoms. The number of carbonyl (C=O) groups excluding carboxylic acids is 2. The molecule has 1 aliphatic rings. The van der Waals surface area contributed by atoms with Crippen LogP contribution >= 0.6 is 23.2 Å². The predicted molar refractivity (Wildman–Crippen MR) is 109 cm³/mol. The first-order valence-electron chi connectivity index (χ1n) is 8.91. The van der Waals surface area contributed by atoms with Crippen molar-refractivity contribution in [2.45, 2.75) is 18.9 Å². The molecule has 0 aliphatic carbocycles. The fourth-order valence-electron chi connectivity index (χ4n) is 3.00. The summed E-state index contributed by atoms with van der Waals surface area (Å²) in [5.74, 6) is -0.698. The van der Waals surface area contributed by atoms with Gasteiger partial charge >= 0.3 is 0 Å². The Hall–Kier alpha value is -2.37. The van der Waals surface area contributed by atoms with Crippen molar-refractivity contribution in [3.63, 3.8) is 0 Å². The van der Waals surface area contributed by atoms with Crippen molar-refractivity contribution < 1.29 is 14.0 Å². The molecule has 2 amide bonds. The van der Waals surface area contributed by atoms with E-state index in [2.05, 4.69) is 5.32 Å². The molecule has 2 aromatic carbocycles. The van der Waals surface area contributed by atoms with Crippen molar-refractivity contribution in [3.05, 3.63) is 75.5 Å². The summed E-state index contributed by atoms with van der Waals surface area (Å²) in [6.07, 6.45) is 4.54. The molecule has 4 nitrogen and oxygen atoms in total. The van der Waals surface area contributed by atoms with Crippen LogP contribution in [0, 0.1) is 5.82 Å². The number of rotatable bonds is 4. The second kappa shape index (κ2) is 9.22. The van der Waals surface area contributed by atoms with Gasteiger partial charge in [0.25, 0.3) is 5.91 Å². The van der Waals surface area contributed by atoms with Gasteiger partial charge in [-0.2, -0.15) is 0 Å². The second-order valence-corrected chi connectivity index (χ2v) is 7.40. The summed E-state index contributed by atoms with van der Waals surface area (Å²) in [6.45, 7) is 1.11. The number of amides is 2. The monoisotopic (exact) mass is 420 g/mol. The van der Waals surface area contributed by atoms with Crippen molar-refractivity contribution in [1.29, 1.82) is 0 Å². The smallest absolute Gasteiger partial charge is 0.251 e. The third kappa shape index (κ3) is 5.33. The van der Waals surface area contributed by atoms with Crippen LogP contribution in [0.25, 0.3) is 6.08 Å². The summed E-state index contributed by atoms with van der Waals surface area (Å²) >= 11 is 11.9. The van der Waals surface area contributed by atoms with Gasteiger partial charge < -0.3 is 10.2 Å². The van der Waals surface area contributed by atoms with Gasteiger partial charge in [0.2, 0.25) is 5.91 Å². The molecule has 2 aromatic rings. The Kier molecular flexibility index (Phi) is 6.70. The second-order valence-electron chi connectivity index (χ2n) is 6.59. The van der Waals surface area contributed by atoms with E-state index in [1.165, 1.54) is 30.3 Å². The first-order valence-corrected chi connectivity index (χ1v) is 9.66. The minimum atomic E-state index is -0.378. The normalized spacial score (nSPS) is 15.0. The average Bonchev–Trinajstić information content (AvgIpc) is 2.69. The van der Waals surface area contributed by atoms with E-state index in [1.807, 2.05) is 0 Å². The minimum absolute atomic E-state index is 0.0133. The minimum Gasteiger partial charge on any atom is -0.349 e. The Morgan fingerprint density at radius 3 is 2.36 bits per heavy atom. The van der Waals surface area contributed by atoms with Gasteiger partial charge in [-0.25, -0.2) is 4.39 Å². The van der Waals surface area contributed by atoms with Gasteiger partial charge in [0, 0.05) is 30.8 Å². The van der Waals surface area contributed by atoms with Crippen LogP contribution in [0.5, 0.6) is 0 Å². The third-order valence-corrected chi connectivity index (χ3v) is 5.35. The molecule has 3 rings (SSSR count). The molecule has 7 heteroatoms. The van der Waals surface area contributed by atoms with Crippen LogP contribution in [0.4, 0.5) is 4.39 Å². The molecular formula is C21H19Cl2FN2O2. The summed E-state index contributed by atoms with van der Waals surface area (Å²) in [5.41, 5.74) is 1.22. The maximum absolute atomic E-state index is 12.9. The molecule has 0 spiro atoms. The summed E-state index contributed by atoms with van der Waals surface area (Å²) in [7, 11) is 0. The van der Waals surface area contributed by atoms with Crippen LogP contribution in [-0.4, -0.2) is 35.8 Å². The van der Waals surface area contributed by atoms with Gasteiger partial charge in [-0.3, -0.25) is 9.59 Å². The molecule has 1 fully saturated rings. The summed E-state index contributed by atoms with van der Waals surface area (Å²) in [5, 5.41) is 3.85. The van der Waals surface area contributed by atoms with Crippen LogP contribution in [0.2, 0.25) is 10.0 Å². The summed E-state index contributed by atoms with van der Waals surface area (Å²) in [4.78, 5) is 26.3. The lowest BCUT2D eigenvalue weighted by Gasteiger charge is -2.31. The van der Waals surface area contributed by atoms with E-state index < -0.39 is 0 Å². The maximum Gasteiger partial charge on any atom is 0.251 e. The van der Waals surface area contributed by atoms with Gasteiger partial charge in [0.1, 0.15) is 5.82 Å². The first-order chi connectivity index (χ1) is 13.4. The number of piperidine rings is 1. The van der Waals surface area contributed by atoms with Gasteiger partial charge in [0.05, 0.1) is 10.0 Å². The van der Waals surface area contributed by atoms with E-state index in [0.29, 0.717) is 41.5 Å². The molecule has 1 N–H and O–H groups in total. The van der Waals surface area contributed by atoms with Gasteiger partial charge in [-0.05, 0) is 60.9 Å². The average molecular weight is 421 g/mol. The van der Waals surface area contributed by atoms with E-state index in [0.717, 1.165) is 5.56 Å². The topological polar surface area (TPSA) is 49.4 Å². The Balaban J connectivity index is 1.49. The standard InChI is InChI=1S/C21H19Cl2FN2O2/c22-18-7-1-14(13-19(18)23)2-8-20(27)26-11-9-17(10-12-26)25-21(28)15-3-5-16(24)6-4-15/h1-8,13,17H,9-12H2,(H,25,28)/b8-2+. The van der Waals surface area contributed by atoms with Crippen molar-refractivity contribution in [1.82, 2.24) is 10.2 Å². The first kappa shape index (κ1) is 20.4. The highest BCUT2D eigenvalue weighted by atomic mass is 35.5. The van der Waals surface area contributed by atoms with Crippen LogP contribution in [0.1, 0.15) is 28.8 Å². The lowest BCUT2D eigenvalue weighted by atomic mass is 10.0. The van der Waals surface area contributed by atoms with E-state index >= 15 is 0 Å². The fourth-order valence-corrected chi connectivity index (χ4v) is 3.31. The van der Waals surface area contributed by atoms with E-state index in [1.54, 1.807) is 29.2 Å². The van der Waals surface area contributed by atoms with Crippen LogP contribution in [-0.2, 0) is 4.79 Å². The largest absolute Gasteiger partial charge is 0.349 e. The number of nitrogens with zero attached hydrogens (tertiary/aromatic N) is 1. The zero-order valence-corrected chi connectivity index (χ0v) is 16.5. The molecule has 0 atom stereocenters. The number of hydrogen-bond acceptors (Lipinski definition) is 2. The molecule has 0 aromatic heterocycles. The molecule has 0 saturated carbocycles. The Morgan fingerprint density at radius 2 is 1.71 bits per heavy atom. The number of benzene rings is 2. The highest BCUT2D eigenvalue weighted by Gasteiger charge is 2.23. The van der Waals surface area contributed by atoms with Gasteiger partial charge in [0.15, 0.2) is 0 Å². The quantitative estimate of drug-likeness (QED) is 0.736. The molecular weight excluding hydrogens is 402 g/mol. The van der Waals surface area contributed by atoms with E-state index in [-0.39, 0.29) is 23.7 Å². The molecule has 28 heavy (non-hydrogen) atoms. The SMILES string of the molecule is O=C(NC1CCN(C(=O)/C=C/c2ccc(Cl)c(Cl)c2)CC1)c1ccc(F)cc1. The zero-order valence-electron chi connectivity index (χ0n) is 15.0. The number of hydrogen-bond donors (Lipinski definition) is 1. The van der Waals surface area contributed by atoms with Crippen LogP contribution in [0.3, 0.4) is 0 Å². The van der Waals surface area contributed by atoms with Crippen molar-refractivity contribution in [2.24, 2.45) is 0 Å². The lowest BCUT2D eigenvalue weighted by molar-refractivity contribution is -0.126. The van der Waals surface area contributed by atoms with E-state index in [9.17, 15) is 14.0 Å². The molecule has 146 valence electrons. The van der Waals surface area contributed by atoms with Crippen LogP contribution < -0.4 is 5.32 Å². The van der Waals surface area contributed by atoms with Gasteiger partial charge in [-0.1, -0.05) is 29.3 Å². The Bertz CT molecular complexity index is 892. The summed E-state index contributed by atoms with van der Waals surface area (Å²) in [6, 6.07) is 10.6. The maximum atomic E-state index is 12.9. The number of nitrogens with one attached hydrogen (secondary N) is 1. The molecule has 0 unspecified atom stereocenters. The Morgan fingerprint density at radius 1 is 1.04 bits per heavy atom.